The predicted octanol–water partition coefficient (Wildman–Crippen LogP) is 3.71. The van der Waals surface area contributed by atoms with E-state index in [9.17, 15) is 0 Å². The first kappa shape index (κ1) is 13.9. The molecule has 2 unspecified atom stereocenters. The van der Waals surface area contributed by atoms with Crippen molar-refractivity contribution in [1.82, 2.24) is 10.2 Å². The highest BCUT2D eigenvalue weighted by molar-refractivity contribution is 7.16. The summed E-state index contributed by atoms with van der Waals surface area (Å²) in [5, 5.41) is 3.77. The third-order valence-corrected chi connectivity index (χ3v) is 5.89. The van der Waals surface area contributed by atoms with Crippen LogP contribution in [0.2, 0.25) is 4.34 Å². The number of nitrogens with one attached hydrogen (secondary N) is 1. The summed E-state index contributed by atoms with van der Waals surface area (Å²) in [6, 6.07) is 3.41. The zero-order valence-electron chi connectivity index (χ0n) is 11.8. The Morgan fingerprint density at radius 2 is 2.32 bits per heavy atom. The Morgan fingerprint density at radius 1 is 1.47 bits per heavy atom. The van der Waals surface area contributed by atoms with E-state index in [2.05, 4.69) is 30.1 Å². The van der Waals surface area contributed by atoms with Crippen molar-refractivity contribution in [3.05, 3.63) is 20.8 Å². The second-order valence-corrected chi connectivity index (χ2v) is 7.94. The number of halogens is 1. The van der Waals surface area contributed by atoms with Crippen LogP contribution in [0.15, 0.2) is 6.07 Å². The Kier molecular flexibility index (Phi) is 4.18. The van der Waals surface area contributed by atoms with Crippen LogP contribution in [0.1, 0.15) is 43.2 Å². The molecule has 1 fully saturated rings. The number of fused-ring (bicyclic) bond motifs is 1. The van der Waals surface area contributed by atoms with Crippen LogP contribution in [-0.2, 0) is 6.42 Å². The first-order valence-corrected chi connectivity index (χ1v) is 8.58. The molecule has 2 heterocycles. The molecule has 1 aliphatic carbocycles. The molecule has 3 rings (SSSR count). The van der Waals surface area contributed by atoms with E-state index in [1.54, 1.807) is 11.3 Å². The third-order valence-electron chi connectivity index (χ3n) is 4.55. The van der Waals surface area contributed by atoms with E-state index in [1.807, 2.05) is 0 Å². The average Bonchev–Trinajstić information content (AvgIpc) is 3.01. The van der Waals surface area contributed by atoms with Gasteiger partial charge in [0.2, 0.25) is 0 Å². The summed E-state index contributed by atoms with van der Waals surface area (Å²) >= 11 is 7.87. The quantitative estimate of drug-likeness (QED) is 0.911. The largest absolute Gasteiger partial charge is 0.310 e. The van der Waals surface area contributed by atoms with Gasteiger partial charge in [-0.1, -0.05) is 11.6 Å². The van der Waals surface area contributed by atoms with Gasteiger partial charge in [0.15, 0.2) is 0 Å². The number of hydrogen-bond acceptors (Lipinski definition) is 3. The van der Waals surface area contributed by atoms with Crippen molar-refractivity contribution in [2.75, 3.05) is 19.6 Å². The summed E-state index contributed by atoms with van der Waals surface area (Å²) in [6.07, 6.45) is 3.79. The van der Waals surface area contributed by atoms with Crippen molar-refractivity contribution in [2.24, 2.45) is 5.92 Å². The van der Waals surface area contributed by atoms with Crippen LogP contribution >= 0.6 is 22.9 Å². The molecule has 0 radical (unpaired) electrons. The van der Waals surface area contributed by atoms with Crippen LogP contribution in [0.4, 0.5) is 0 Å². The number of rotatable bonds is 4. The van der Waals surface area contributed by atoms with Gasteiger partial charge in [0.25, 0.3) is 0 Å². The van der Waals surface area contributed by atoms with Gasteiger partial charge in [0.1, 0.15) is 0 Å². The maximum atomic E-state index is 6.11. The number of aryl methyl sites for hydroxylation is 1. The number of thiophene rings is 1. The highest BCUT2D eigenvalue weighted by atomic mass is 35.5. The van der Waals surface area contributed by atoms with Gasteiger partial charge in [-0.25, -0.2) is 0 Å². The molecular weight excluding hydrogens is 276 g/mol. The molecule has 2 atom stereocenters. The second kappa shape index (κ2) is 5.72. The van der Waals surface area contributed by atoms with Crippen molar-refractivity contribution in [2.45, 2.75) is 45.2 Å². The highest BCUT2D eigenvalue weighted by Crippen LogP contribution is 2.39. The van der Waals surface area contributed by atoms with E-state index in [0.29, 0.717) is 12.1 Å². The van der Waals surface area contributed by atoms with Gasteiger partial charge in [-0.2, -0.15) is 0 Å². The van der Waals surface area contributed by atoms with Crippen LogP contribution in [0.25, 0.3) is 0 Å². The summed E-state index contributed by atoms with van der Waals surface area (Å²) < 4.78 is 0.948. The van der Waals surface area contributed by atoms with Crippen LogP contribution in [0.3, 0.4) is 0 Å². The van der Waals surface area contributed by atoms with E-state index in [4.69, 9.17) is 11.6 Å². The van der Waals surface area contributed by atoms with Gasteiger partial charge >= 0.3 is 0 Å². The molecule has 1 saturated heterocycles. The molecule has 1 aliphatic heterocycles. The van der Waals surface area contributed by atoms with Gasteiger partial charge in [0.05, 0.1) is 4.34 Å². The maximum absolute atomic E-state index is 6.11. The van der Waals surface area contributed by atoms with Crippen LogP contribution in [0.5, 0.6) is 0 Å². The molecule has 2 aliphatic rings. The molecule has 0 spiro atoms. The SMILES string of the molecule is CC(C)N1CCC(CNC2CCc3sc(Cl)cc32)C1. The fraction of sp³-hybridized carbons (Fsp3) is 0.733. The Bertz CT molecular complexity index is 443. The highest BCUT2D eigenvalue weighted by Gasteiger charge is 2.28. The maximum Gasteiger partial charge on any atom is 0.0934 e. The van der Waals surface area contributed by atoms with Crippen molar-refractivity contribution < 1.29 is 0 Å². The molecular formula is C15H23ClN2S. The fourth-order valence-corrected chi connectivity index (χ4v) is 4.71. The molecule has 0 amide bonds. The minimum absolute atomic E-state index is 0.548. The lowest BCUT2D eigenvalue weighted by molar-refractivity contribution is 0.262. The zero-order valence-corrected chi connectivity index (χ0v) is 13.4. The predicted molar refractivity (Wildman–Crippen MR) is 83.2 cm³/mol. The molecule has 1 aromatic heterocycles. The molecule has 19 heavy (non-hydrogen) atoms. The third kappa shape index (κ3) is 2.99. The first-order valence-electron chi connectivity index (χ1n) is 7.39. The fourth-order valence-electron chi connectivity index (χ4n) is 3.35. The Balaban J connectivity index is 1.51. The summed E-state index contributed by atoms with van der Waals surface area (Å²) in [6.45, 7) is 8.28. The molecule has 106 valence electrons. The summed E-state index contributed by atoms with van der Waals surface area (Å²) in [5.74, 6) is 0.820. The van der Waals surface area contributed by atoms with Crippen molar-refractivity contribution >= 4 is 22.9 Å². The lowest BCUT2D eigenvalue weighted by Gasteiger charge is -2.21. The Labute approximate surface area is 125 Å². The molecule has 1 N–H and O–H groups in total. The minimum Gasteiger partial charge on any atom is -0.310 e. The summed E-state index contributed by atoms with van der Waals surface area (Å²) in [7, 11) is 0. The van der Waals surface area contributed by atoms with Gasteiger partial charge in [-0.3, -0.25) is 0 Å². The standard InChI is InChI=1S/C15H23ClN2S/c1-10(2)18-6-5-11(9-18)8-17-13-3-4-14-12(13)7-15(16)19-14/h7,10-11,13,17H,3-6,8-9H2,1-2H3. The normalized spacial score (nSPS) is 27.4. The topological polar surface area (TPSA) is 15.3 Å². The van der Waals surface area contributed by atoms with Gasteiger partial charge in [-0.15, -0.1) is 11.3 Å². The Morgan fingerprint density at radius 3 is 3.05 bits per heavy atom. The van der Waals surface area contributed by atoms with E-state index in [-0.39, 0.29) is 0 Å². The first-order chi connectivity index (χ1) is 9.13. The molecule has 0 bridgehead atoms. The van der Waals surface area contributed by atoms with Crippen LogP contribution < -0.4 is 5.32 Å². The van der Waals surface area contributed by atoms with Gasteiger partial charge in [-0.05, 0) is 63.7 Å². The van der Waals surface area contributed by atoms with Crippen molar-refractivity contribution in [3.63, 3.8) is 0 Å². The van der Waals surface area contributed by atoms with E-state index >= 15 is 0 Å². The number of nitrogens with zero attached hydrogens (tertiary/aromatic N) is 1. The van der Waals surface area contributed by atoms with Gasteiger partial charge in [0, 0.05) is 23.5 Å². The van der Waals surface area contributed by atoms with E-state index in [0.717, 1.165) is 16.8 Å². The molecule has 4 heteroatoms. The molecule has 1 aromatic rings. The molecule has 0 aromatic carbocycles. The lowest BCUT2D eigenvalue weighted by Crippen LogP contribution is -2.31. The molecule has 2 nitrogen and oxygen atoms in total. The van der Waals surface area contributed by atoms with Crippen LogP contribution in [0, 0.1) is 5.92 Å². The summed E-state index contributed by atoms with van der Waals surface area (Å²) in [4.78, 5) is 4.09. The van der Waals surface area contributed by atoms with Crippen molar-refractivity contribution in [1.29, 1.82) is 0 Å². The average molecular weight is 299 g/mol. The van der Waals surface area contributed by atoms with Crippen LogP contribution in [-0.4, -0.2) is 30.6 Å². The van der Waals surface area contributed by atoms with Crippen molar-refractivity contribution in [3.8, 4) is 0 Å². The van der Waals surface area contributed by atoms with E-state index in [1.165, 1.54) is 42.8 Å². The Hall–Kier alpha value is -0.0900. The number of hydrogen-bond donors (Lipinski definition) is 1. The second-order valence-electron chi connectivity index (χ2n) is 6.17. The monoisotopic (exact) mass is 298 g/mol. The smallest absolute Gasteiger partial charge is 0.0934 e. The van der Waals surface area contributed by atoms with E-state index < -0.39 is 0 Å². The summed E-state index contributed by atoms with van der Waals surface area (Å²) in [5.41, 5.74) is 1.47. The minimum atomic E-state index is 0.548. The number of likely N-dealkylation sites (tertiary alicyclic amines) is 1. The molecule has 0 saturated carbocycles. The lowest BCUT2D eigenvalue weighted by atomic mass is 10.1. The van der Waals surface area contributed by atoms with Gasteiger partial charge < -0.3 is 10.2 Å². The zero-order chi connectivity index (χ0) is 13.4.